The summed E-state index contributed by atoms with van der Waals surface area (Å²) in [5, 5.41) is 8.80. The van der Waals surface area contributed by atoms with E-state index in [0.29, 0.717) is 22.9 Å². The monoisotopic (exact) mass is 171 g/mol. The summed E-state index contributed by atoms with van der Waals surface area (Å²) in [5.41, 5.74) is 2.02. The molecule has 0 bridgehead atoms. The summed E-state index contributed by atoms with van der Waals surface area (Å²) in [6.07, 6.45) is 2.16. The first kappa shape index (κ1) is 7.50. The van der Waals surface area contributed by atoms with Gasteiger partial charge in [0.2, 0.25) is 0 Å². The number of nitrogens with zero attached hydrogens (tertiary/aromatic N) is 2. The average molecular weight is 171 g/mol. The molecule has 13 heavy (non-hydrogen) atoms. The third-order valence-electron chi connectivity index (χ3n) is 1.86. The molecule has 1 aromatic carbocycles. The minimum Gasteiger partial charge on any atom is -0.345 e. The second-order valence-corrected chi connectivity index (χ2v) is 2.56. The molecule has 0 spiro atoms. The van der Waals surface area contributed by atoms with Gasteiger partial charge in [-0.3, -0.25) is 4.79 Å². The van der Waals surface area contributed by atoms with Crippen molar-refractivity contribution in [1.29, 1.82) is 5.26 Å². The molecule has 0 aliphatic rings. The Morgan fingerprint density at radius 1 is 1.54 bits per heavy atom. The molecule has 1 heterocycles. The summed E-state index contributed by atoms with van der Waals surface area (Å²) in [6, 6.07) is 5.29. The maximum Gasteiger partial charge on any atom is 0.151 e. The van der Waals surface area contributed by atoms with E-state index in [4.69, 9.17) is 5.26 Å². The zero-order valence-electron chi connectivity index (χ0n) is 6.61. The second-order valence-electron chi connectivity index (χ2n) is 2.56. The number of nitriles is 1. The van der Waals surface area contributed by atoms with Gasteiger partial charge in [0.1, 0.15) is 11.6 Å². The van der Waals surface area contributed by atoms with Gasteiger partial charge < -0.3 is 4.98 Å². The maximum atomic E-state index is 10.6. The molecule has 4 nitrogen and oxygen atoms in total. The number of aldehydes is 1. The van der Waals surface area contributed by atoms with Crippen LogP contribution in [0.4, 0.5) is 0 Å². The molecular weight excluding hydrogens is 166 g/mol. The van der Waals surface area contributed by atoms with Crippen molar-refractivity contribution >= 4 is 17.3 Å². The number of carbonyl (C=O) groups excluding carboxylic acids is 1. The quantitative estimate of drug-likeness (QED) is 0.656. The van der Waals surface area contributed by atoms with Crippen LogP contribution in [0.1, 0.15) is 15.9 Å². The number of benzene rings is 1. The van der Waals surface area contributed by atoms with Crippen LogP contribution in [0.2, 0.25) is 0 Å². The van der Waals surface area contributed by atoms with Gasteiger partial charge in [-0.05, 0) is 12.1 Å². The first-order valence-electron chi connectivity index (χ1n) is 3.68. The fraction of sp³-hybridized carbons (Fsp3) is 0. The van der Waals surface area contributed by atoms with E-state index in [2.05, 4.69) is 9.97 Å². The molecule has 0 amide bonds. The number of aromatic amines is 1. The summed E-state index contributed by atoms with van der Waals surface area (Å²) < 4.78 is 0. The molecule has 2 aromatic rings. The Hall–Kier alpha value is -2.15. The number of H-pyrrole nitrogens is 1. The van der Waals surface area contributed by atoms with Crippen LogP contribution in [0.15, 0.2) is 18.5 Å². The lowest BCUT2D eigenvalue weighted by atomic mass is 10.1. The molecule has 62 valence electrons. The van der Waals surface area contributed by atoms with Crippen LogP contribution in [0.25, 0.3) is 11.0 Å². The lowest BCUT2D eigenvalue weighted by molar-refractivity contribution is 0.112. The predicted molar refractivity (Wildman–Crippen MR) is 46.2 cm³/mol. The van der Waals surface area contributed by atoms with Gasteiger partial charge in [0.25, 0.3) is 0 Å². The highest BCUT2D eigenvalue weighted by Gasteiger charge is 2.07. The van der Waals surface area contributed by atoms with Gasteiger partial charge in [-0.2, -0.15) is 5.26 Å². The van der Waals surface area contributed by atoms with E-state index in [1.807, 2.05) is 6.07 Å². The van der Waals surface area contributed by atoms with Gasteiger partial charge in [-0.25, -0.2) is 4.98 Å². The first-order chi connectivity index (χ1) is 6.36. The van der Waals surface area contributed by atoms with E-state index in [1.54, 1.807) is 12.1 Å². The van der Waals surface area contributed by atoms with Gasteiger partial charge in [-0.15, -0.1) is 0 Å². The number of aromatic nitrogens is 2. The van der Waals surface area contributed by atoms with E-state index in [1.165, 1.54) is 6.33 Å². The fourth-order valence-electron chi connectivity index (χ4n) is 1.24. The molecule has 0 radical (unpaired) electrons. The van der Waals surface area contributed by atoms with Crippen molar-refractivity contribution in [2.45, 2.75) is 0 Å². The highest BCUT2D eigenvalue weighted by atomic mass is 16.1. The molecule has 1 N–H and O–H groups in total. The number of carbonyl (C=O) groups is 1. The zero-order chi connectivity index (χ0) is 9.26. The summed E-state index contributed by atoms with van der Waals surface area (Å²) in [4.78, 5) is 17.4. The van der Waals surface area contributed by atoms with Crippen molar-refractivity contribution in [3.8, 4) is 6.07 Å². The van der Waals surface area contributed by atoms with Crippen molar-refractivity contribution in [3.05, 3.63) is 29.6 Å². The van der Waals surface area contributed by atoms with Gasteiger partial charge in [0.05, 0.1) is 17.4 Å². The van der Waals surface area contributed by atoms with E-state index < -0.39 is 0 Å². The topological polar surface area (TPSA) is 69.5 Å². The average Bonchev–Trinajstić information content (AvgIpc) is 2.63. The Morgan fingerprint density at radius 3 is 3.08 bits per heavy atom. The molecule has 2 rings (SSSR count). The molecule has 0 aliphatic heterocycles. The van der Waals surface area contributed by atoms with Crippen LogP contribution in [-0.4, -0.2) is 16.3 Å². The Morgan fingerprint density at radius 2 is 2.38 bits per heavy atom. The van der Waals surface area contributed by atoms with Crippen LogP contribution in [0, 0.1) is 11.3 Å². The van der Waals surface area contributed by atoms with Crippen molar-refractivity contribution in [2.75, 3.05) is 0 Å². The third-order valence-corrected chi connectivity index (χ3v) is 1.86. The van der Waals surface area contributed by atoms with Crippen molar-refractivity contribution in [1.82, 2.24) is 9.97 Å². The lowest BCUT2D eigenvalue weighted by Gasteiger charge is -1.94. The standard InChI is InChI=1S/C9H5N3O/c10-3-7-6(4-13)1-2-8-9(7)12-5-11-8/h1-2,4-5H,(H,11,12). The third kappa shape index (κ3) is 0.983. The predicted octanol–water partition coefficient (Wildman–Crippen LogP) is 1.25. The summed E-state index contributed by atoms with van der Waals surface area (Å²) in [7, 11) is 0. The smallest absolute Gasteiger partial charge is 0.151 e. The molecular formula is C9H5N3O. The van der Waals surface area contributed by atoms with Gasteiger partial charge in [-0.1, -0.05) is 0 Å². The van der Waals surface area contributed by atoms with Gasteiger partial charge in [0.15, 0.2) is 6.29 Å². The maximum absolute atomic E-state index is 10.6. The van der Waals surface area contributed by atoms with Crippen LogP contribution in [0.3, 0.4) is 0 Å². The van der Waals surface area contributed by atoms with Crippen LogP contribution < -0.4 is 0 Å². The van der Waals surface area contributed by atoms with E-state index in [0.717, 1.165) is 5.52 Å². The minimum atomic E-state index is 0.328. The van der Waals surface area contributed by atoms with E-state index >= 15 is 0 Å². The Balaban J connectivity index is 2.91. The van der Waals surface area contributed by atoms with E-state index in [-0.39, 0.29) is 0 Å². The van der Waals surface area contributed by atoms with Gasteiger partial charge >= 0.3 is 0 Å². The number of fused-ring (bicyclic) bond motifs is 1. The molecule has 0 atom stereocenters. The zero-order valence-corrected chi connectivity index (χ0v) is 6.61. The van der Waals surface area contributed by atoms with Gasteiger partial charge in [0, 0.05) is 5.56 Å². The molecule has 0 unspecified atom stereocenters. The molecule has 4 heteroatoms. The van der Waals surface area contributed by atoms with Crippen molar-refractivity contribution in [2.24, 2.45) is 0 Å². The van der Waals surface area contributed by atoms with E-state index in [9.17, 15) is 4.79 Å². The first-order valence-corrected chi connectivity index (χ1v) is 3.68. The largest absolute Gasteiger partial charge is 0.345 e. The Labute approximate surface area is 73.8 Å². The van der Waals surface area contributed by atoms with Crippen molar-refractivity contribution in [3.63, 3.8) is 0 Å². The number of imidazole rings is 1. The molecule has 1 aromatic heterocycles. The summed E-state index contributed by atoms with van der Waals surface area (Å²) in [5.74, 6) is 0. The highest BCUT2D eigenvalue weighted by Crippen LogP contribution is 2.16. The molecule has 0 fully saturated rings. The van der Waals surface area contributed by atoms with Crippen LogP contribution >= 0.6 is 0 Å². The van der Waals surface area contributed by atoms with Crippen LogP contribution in [-0.2, 0) is 0 Å². The minimum absolute atomic E-state index is 0.328. The molecule has 0 aliphatic carbocycles. The summed E-state index contributed by atoms with van der Waals surface area (Å²) in [6.45, 7) is 0. The number of hydrogen-bond acceptors (Lipinski definition) is 3. The second kappa shape index (κ2) is 2.72. The van der Waals surface area contributed by atoms with Crippen LogP contribution in [0.5, 0.6) is 0 Å². The molecule has 0 saturated carbocycles. The number of rotatable bonds is 1. The SMILES string of the molecule is N#Cc1c(C=O)ccc2[nH]cnc12. The van der Waals surface area contributed by atoms with Crippen molar-refractivity contribution < 1.29 is 4.79 Å². The highest BCUT2D eigenvalue weighted by molar-refractivity contribution is 5.91. The fourth-order valence-corrected chi connectivity index (χ4v) is 1.24. The Kier molecular flexibility index (Phi) is 1.57. The number of nitrogens with one attached hydrogen (secondary N) is 1. The number of hydrogen-bond donors (Lipinski definition) is 1. The summed E-state index contributed by atoms with van der Waals surface area (Å²) >= 11 is 0. The molecule has 0 saturated heterocycles. The normalized spacial score (nSPS) is 9.77. The Bertz CT molecular complexity index is 507. The lowest BCUT2D eigenvalue weighted by Crippen LogP contribution is -1.88.